The van der Waals surface area contributed by atoms with E-state index in [4.69, 9.17) is 11.6 Å². The van der Waals surface area contributed by atoms with Crippen molar-refractivity contribution in [3.05, 3.63) is 51.2 Å². The number of carbonyl (C=O) groups is 1. The number of benzene rings is 1. The Morgan fingerprint density at radius 2 is 2.04 bits per heavy atom. The number of nitrogens with one attached hydrogen (secondary N) is 1. The second kappa shape index (κ2) is 8.32. The fraction of sp³-hybridized carbons (Fsp3) is 0.421. The van der Waals surface area contributed by atoms with Crippen LogP contribution in [0, 0.1) is 6.92 Å². The van der Waals surface area contributed by atoms with E-state index in [2.05, 4.69) is 31.9 Å². The van der Waals surface area contributed by atoms with Gasteiger partial charge < -0.3 is 5.32 Å². The van der Waals surface area contributed by atoms with Gasteiger partial charge in [-0.15, -0.1) is 0 Å². The number of carbonyl (C=O) groups excluding carboxylic acids is 1. The molecule has 25 heavy (non-hydrogen) atoms. The molecule has 2 aromatic rings. The largest absolute Gasteiger partial charge is 0.324 e. The lowest BCUT2D eigenvalue weighted by Gasteiger charge is -2.37. The second-order valence-corrected chi connectivity index (χ2v) is 7.78. The smallest absolute Gasteiger partial charge is 0.241 e. The van der Waals surface area contributed by atoms with Crippen LogP contribution in [0.5, 0.6) is 0 Å². The van der Waals surface area contributed by atoms with Crippen molar-refractivity contribution in [2.75, 3.05) is 31.5 Å². The normalized spacial score (nSPS) is 17.4. The van der Waals surface area contributed by atoms with Crippen molar-refractivity contribution in [2.24, 2.45) is 0 Å². The third-order valence-electron chi connectivity index (χ3n) is 4.78. The highest BCUT2D eigenvalue weighted by molar-refractivity contribution is 7.07. The van der Waals surface area contributed by atoms with Crippen molar-refractivity contribution < 1.29 is 4.79 Å². The minimum Gasteiger partial charge on any atom is -0.324 e. The van der Waals surface area contributed by atoms with Crippen molar-refractivity contribution in [2.45, 2.75) is 26.4 Å². The lowest BCUT2D eigenvalue weighted by atomic mass is 10.1. The van der Waals surface area contributed by atoms with E-state index in [1.807, 2.05) is 26.0 Å². The third kappa shape index (κ3) is 4.82. The van der Waals surface area contributed by atoms with Crippen molar-refractivity contribution in [1.82, 2.24) is 9.80 Å². The molecule has 134 valence electrons. The summed E-state index contributed by atoms with van der Waals surface area (Å²) in [6, 6.07) is 7.59. The molecular weight excluding hydrogens is 354 g/mol. The third-order valence-corrected chi connectivity index (χ3v) is 5.74. The molecule has 0 bridgehead atoms. The molecule has 6 heteroatoms. The summed E-state index contributed by atoms with van der Waals surface area (Å²) in [6.45, 7) is 8.75. The number of halogens is 1. The molecule has 2 heterocycles. The van der Waals surface area contributed by atoms with Gasteiger partial charge in [0.05, 0.1) is 6.04 Å². The summed E-state index contributed by atoms with van der Waals surface area (Å²) in [7, 11) is 0. The first-order valence-corrected chi connectivity index (χ1v) is 9.89. The Bertz CT molecular complexity index is 711. The highest BCUT2D eigenvalue weighted by Gasteiger charge is 2.25. The van der Waals surface area contributed by atoms with E-state index >= 15 is 0 Å². The number of aryl methyl sites for hydroxylation is 1. The van der Waals surface area contributed by atoms with Gasteiger partial charge in [-0.2, -0.15) is 11.3 Å². The van der Waals surface area contributed by atoms with Gasteiger partial charge in [-0.3, -0.25) is 14.6 Å². The molecule has 0 unspecified atom stereocenters. The Labute approximate surface area is 158 Å². The number of nitrogens with zero attached hydrogens (tertiary/aromatic N) is 2. The maximum absolute atomic E-state index is 12.6. The van der Waals surface area contributed by atoms with Gasteiger partial charge in [-0.05, 0) is 53.9 Å². The number of piperazine rings is 1. The number of hydrogen-bond acceptors (Lipinski definition) is 4. The van der Waals surface area contributed by atoms with Crippen molar-refractivity contribution in [3.8, 4) is 0 Å². The fourth-order valence-electron chi connectivity index (χ4n) is 3.08. The zero-order valence-electron chi connectivity index (χ0n) is 14.7. The zero-order valence-corrected chi connectivity index (χ0v) is 16.2. The molecule has 1 aromatic heterocycles. The quantitative estimate of drug-likeness (QED) is 0.859. The average Bonchev–Trinajstić information content (AvgIpc) is 3.11. The lowest BCUT2D eigenvalue weighted by molar-refractivity contribution is -0.121. The SMILES string of the molecule is Cc1ccc(Cl)cc1NC(=O)[C@H](C)N1CCN(Cc2ccsc2)CC1. The highest BCUT2D eigenvalue weighted by atomic mass is 35.5. The highest BCUT2D eigenvalue weighted by Crippen LogP contribution is 2.21. The minimum atomic E-state index is -0.151. The summed E-state index contributed by atoms with van der Waals surface area (Å²) in [6.07, 6.45) is 0. The molecule has 1 amide bonds. The first kappa shape index (κ1) is 18.4. The molecule has 1 atom stereocenters. The van der Waals surface area contributed by atoms with Gasteiger partial charge in [0, 0.05) is 43.4 Å². The maximum Gasteiger partial charge on any atom is 0.241 e. The van der Waals surface area contributed by atoms with Crippen molar-refractivity contribution >= 4 is 34.5 Å². The Morgan fingerprint density at radius 1 is 1.28 bits per heavy atom. The summed E-state index contributed by atoms with van der Waals surface area (Å²) in [5, 5.41) is 7.98. The second-order valence-electron chi connectivity index (χ2n) is 6.57. The van der Waals surface area contributed by atoms with Crippen molar-refractivity contribution in [3.63, 3.8) is 0 Å². The van der Waals surface area contributed by atoms with Crippen LogP contribution < -0.4 is 5.32 Å². The van der Waals surface area contributed by atoms with Gasteiger partial charge in [0.2, 0.25) is 5.91 Å². The average molecular weight is 378 g/mol. The summed E-state index contributed by atoms with van der Waals surface area (Å²) in [4.78, 5) is 17.3. The van der Waals surface area contributed by atoms with E-state index in [1.165, 1.54) is 5.56 Å². The van der Waals surface area contributed by atoms with Crippen LogP contribution in [0.3, 0.4) is 0 Å². The summed E-state index contributed by atoms with van der Waals surface area (Å²) in [5.74, 6) is 0.0247. The monoisotopic (exact) mass is 377 g/mol. The van der Waals surface area contributed by atoms with Crippen LogP contribution in [0.15, 0.2) is 35.0 Å². The van der Waals surface area contributed by atoms with Crippen LogP contribution in [-0.4, -0.2) is 47.9 Å². The Balaban J connectivity index is 1.52. The molecule has 3 rings (SSSR count). The van der Waals surface area contributed by atoms with Crippen LogP contribution in [0.25, 0.3) is 0 Å². The topological polar surface area (TPSA) is 35.6 Å². The summed E-state index contributed by atoms with van der Waals surface area (Å²) < 4.78 is 0. The van der Waals surface area contributed by atoms with Crippen LogP contribution in [0.4, 0.5) is 5.69 Å². The van der Waals surface area contributed by atoms with Crippen LogP contribution >= 0.6 is 22.9 Å². The molecule has 1 aliphatic heterocycles. The van der Waals surface area contributed by atoms with Crippen LogP contribution in [-0.2, 0) is 11.3 Å². The van der Waals surface area contributed by atoms with Gasteiger partial charge in [0.25, 0.3) is 0 Å². The maximum atomic E-state index is 12.6. The van der Waals surface area contributed by atoms with Gasteiger partial charge in [0.1, 0.15) is 0 Å². The predicted molar refractivity (Wildman–Crippen MR) is 105 cm³/mol. The van der Waals surface area contributed by atoms with Gasteiger partial charge in [-0.25, -0.2) is 0 Å². The zero-order chi connectivity index (χ0) is 17.8. The van der Waals surface area contributed by atoms with E-state index in [0.29, 0.717) is 5.02 Å². The Hall–Kier alpha value is -1.40. The lowest BCUT2D eigenvalue weighted by Crippen LogP contribution is -2.52. The molecule has 1 saturated heterocycles. The summed E-state index contributed by atoms with van der Waals surface area (Å²) in [5.41, 5.74) is 3.19. The molecule has 4 nitrogen and oxygen atoms in total. The molecular formula is C19H24ClN3OS. The first-order chi connectivity index (χ1) is 12.0. The Morgan fingerprint density at radius 3 is 2.72 bits per heavy atom. The van der Waals surface area contributed by atoms with Crippen LogP contribution in [0.1, 0.15) is 18.1 Å². The van der Waals surface area contributed by atoms with E-state index < -0.39 is 0 Å². The first-order valence-electron chi connectivity index (χ1n) is 8.57. The number of thiophene rings is 1. The summed E-state index contributed by atoms with van der Waals surface area (Å²) >= 11 is 7.78. The minimum absolute atomic E-state index is 0.0247. The standard InChI is InChI=1S/C19H24ClN3OS/c1-14-3-4-17(20)11-18(14)21-19(24)15(2)23-8-6-22(7-9-23)12-16-5-10-25-13-16/h3-5,10-11,13,15H,6-9,12H2,1-2H3,(H,21,24)/t15-/m0/s1. The molecule has 1 aliphatic rings. The Kier molecular flexibility index (Phi) is 6.12. The van der Waals surface area contributed by atoms with E-state index in [9.17, 15) is 4.79 Å². The molecule has 1 fully saturated rings. The van der Waals surface area contributed by atoms with E-state index in [0.717, 1.165) is 44.0 Å². The van der Waals surface area contributed by atoms with Gasteiger partial charge in [-0.1, -0.05) is 17.7 Å². The molecule has 0 spiro atoms. The molecule has 1 aromatic carbocycles. The molecule has 0 radical (unpaired) electrons. The van der Waals surface area contributed by atoms with Crippen molar-refractivity contribution in [1.29, 1.82) is 0 Å². The molecule has 1 N–H and O–H groups in total. The molecule has 0 saturated carbocycles. The number of anilines is 1. The van der Waals surface area contributed by atoms with Crippen LogP contribution in [0.2, 0.25) is 5.02 Å². The number of hydrogen-bond donors (Lipinski definition) is 1. The number of rotatable bonds is 5. The van der Waals surface area contributed by atoms with E-state index in [-0.39, 0.29) is 11.9 Å². The van der Waals surface area contributed by atoms with Gasteiger partial charge >= 0.3 is 0 Å². The molecule has 0 aliphatic carbocycles. The number of amides is 1. The van der Waals surface area contributed by atoms with Gasteiger partial charge in [0.15, 0.2) is 0 Å². The fourth-order valence-corrected chi connectivity index (χ4v) is 3.91. The van der Waals surface area contributed by atoms with E-state index in [1.54, 1.807) is 17.4 Å². The predicted octanol–water partition coefficient (Wildman–Crippen LogP) is 3.85.